The Bertz CT molecular complexity index is 1310. The number of benzene rings is 2. The van der Waals surface area contributed by atoms with E-state index in [1.807, 2.05) is 49.0 Å². The minimum absolute atomic E-state index is 0.473. The van der Waals surface area contributed by atoms with Gasteiger partial charge in [0, 0.05) is 16.2 Å². The van der Waals surface area contributed by atoms with E-state index in [0.29, 0.717) is 28.2 Å². The third-order valence-corrected chi connectivity index (χ3v) is 6.23. The number of rotatable bonds is 6. The zero-order valence-electron chi connectivity index (χ0n) is 18.6. The maximum Gasteiger partial charge on any atom is 0.175 e. The molecule has 0 saturated carbocycles. The van der Waals surface area contributed by atoms with Crippen LogP contribution in [0.15, 0.2) is 54.9 Å². The van der Waals surface area contributed by atoms with Crippen molar-refractivity contribution in [3.8, 4) is 0 Å². The van der Waals surface area contributed by atoms with Crippen LogP contribution < -0.4 is 10.6 Å². The van der Waals surface area contributed by atoms with Crippen molar-refractivity contribution < 1.29 is 0 Å². The molecule has 6 nitrogen and oxygen atoms in total. The summed E-state index contributed by atoms with van der Waals surface area (Å²) in [5.41, 5.74) is 7.01. The fourth-order valence-electron chi connectivity index (χ4n) is 3.60. The molecule has 2 aromatic heterocycles. The second-order valence-electron chi connectivity index (χ2n) is 7.87. The average molecular weight is 499 g/mol. The lowest BCUT2D eigenvalue weighted by molar-refractivity contribution is 0.657. The number of aromatic nitrogens is 4. The van der Waals surface area contributed by atoms with Gasteiger partial charge in [0.2, 0.25) is 0 Å². The van der Waals surface area contributed by atoms with Crippen molar-refractivity contribution in [2.45, 2.75) is 33.9 Å². The van der Waals surface area contributed by atoms with Gasteiger partial charge in [-0.1, -0.05) is 53.5 Å². The third-order valence-electron chi connectivity index (χ3n) is 5.44. The average Bonchev–Trinajstić information content (AvgIpc) is 3.31. The number of nitrogens with zero attached hydrogens (tertiary/aromatic N) is 4. The summed E-state index contributed by atoms with van der Waals surface area (Å²) in [6.07, 6.45) is 3.60. The Morgan fingerprint density at radius 3 is 2.55 bits per heavy atom. The summed E-state index contributed by atoms with van der Waals surface area (Å²) in [5.74, 6) is 0. The molecule has 170 valence electrons. The van der Waals surface area contributed by atoms with Crippen molar-refractivity contribution in [3.63, 3.8) is 0 Å². The van der Waals surface area contributed by atoms with Gasteiger partial charge in [-0.15, -0.1) is 0 Å². The highest BCUT2D eigenvalue weighted by molar-refractivity contribution is 7.80. The molecule has 0 bridgehead atoms. The molecule has 2 heterocycles. The summed E-state index contributed by atoms with van der Waals surface area (Å²) in [4.78, 5) is 0. The molecule has 0 aliphatic carbocycles. The quantitative estimate of drug-likeness (QED) is 0.309. The van der Waals surface area contributed by atoms with E-state index >= 15 is 0 Å². The van der Waals surface area contributed by atoms with Crippen molar-refractivity contribution in [1.82, 2.24) is 19.6 Å². The summed E-state index contributed by atoms with van der Waals surface area (Å²) in [7, 11) is 0. The van der Waals surface area contributed by atoms with Crippen LogP contribution in [0.1, 0.15) is 28.1 Å². The van der Waals surface area contributed by atoms with Gasteiger partial charge in [0.05, 0.1) is 42.0 Å². The predicted octanol–water partition coefficient (Wildman–Crippen LogP) is 6.22. The third kappa shape index (κ3) is 5.55. The Hall–Kier alpha value is -2.87. The molecular weight excluding hydrogens is 475 g/mol. The molecule has 0 spiro atoms. The smallest absolute Gasteiger partial charge is 0.175 e. The van der Waals surface area contributed by atoms with Gasteiger partial charge < -0.3 is 10.6 Å². The molecule has 4 rings (SSSR count). The van der Waals surface area contributed by atoms with Crippen LogP contribution in [0.25, 0.3) is 0 Å². The van der Waals surface area contributed by atoms with Gasteiger partial charge in [-0.25, -0.2) is 0 Å². The van der Waals surface area contributed by atoms with E-state index in [1.54, 1.807) is 16.9 Å². The number of halogens is 2. The van der Waals surface area contributed by atoms with Gasteiger partial charge in [0.1, 0.15) is 0 Å². The first-order valence-electron chi connectivity index (χ1n) is 10.4. The van der Waals surface area contributed by atoms with E-state index in [9.17, 15) is 0 Å². The minimum atomic E-state index is 0.473. The fraction of sp³-hybridized carbons (Fsp3) is 0.208. The highest BCUT2D eigenvalue weighted by Crippen LogP contribution is 2.23. The number of thiocarbonyl (C=S) groups is 1. The molecule has 0 fully saturated rings. The number of aryl methyl sites for hydroxylation is 2. The van der Waals surface area contributed by atoms with Gasteiger partial charge in [-0.05, 0) is 61.8 Å². The van der Waals surface area contributed by atoms with E-state index in [-0.39, 0.29) is 0 Å². The first kappa shape index (κ1) is 23.3. The van der Waals surface area contributed by atoms with Crippen LogP contribution >= 0.6 is 35.4 Å². The molecule has 33 heavy (non-hydrogen) atoms. The standard InChI is InChI=1S/C24H24Cl2N6S/c1-15-6-4-5-7-18(15)13-32-17(3)23(16(2)30-32)29-24(33)28-21-11-27-31(14-21)12-19-8-9-20(25)10-22(19)26/h4-11,14H,12-13H2,1-3H3,(H2,28,29,33). The monoisotopic (exact) mass is 498 g/mol. The lowest BCUT2D eigenvalue weighted by Gasteiger charge is -2.11. The first-order chi connectivity index (χ1) is 15.8. The molecule has 4 aromatic rings. The maximum atomic E-state index is 6.27. The summed E-state index contributed by atoms with van der Waals surface area (Å²) in [5, 5.41) is 17.3. The fourth-order valence-corrected chi connectivity index (χ4v) is 4.28. The molecular formula is C24H24Cl2N6S. The highest BCUT2D eigenvalue weighted by atomic mass is 35.5. The SMILES string of the molecule is Cc1ccccc1Cn1nc(C)c(NC(=S)Nc2cnn(Cc3ccc(Cl)cc3Cl)c2)c1C. The zero-order valence-corrected chi connectivity index (χ0v) is 20.9. The van der Waals surface area contributed by atoms with Crippen LogP contribution in [-0.4, -0.2) is 24.7 Å². The van der Waals surface area contributed by atoms with Crippen LogP contribution in [0.3, 0.4) is 0 Å². The molecule has 2 aromatic carbocycles. The molecule has 0 unspecified atom stereocenters. The lowest BCUT2D eigenvalue weighted by Crippen LogP contribution is -2.19. The van der Waals surface area contributed by atoms with Crippen LogP contribution in [0.2, 0.25) is 10.0 Å². The number of hydrogen-bond donors (Lipinski definition) is 2. The number of nitrogens with one attached hydrogen (secondary N) is 2. The normalized spacial score (nSPS) is 10.9. The molecule has 0 saturated heterocycles. The second kappa shape index (κ2) is 9.95. The Kier molecular flexibility index (Phi) is 7.02. The Morgan fingerprint density at radius 2 is 1.79 bits per heavy atom. The summed E-state index contributed by atoms with van der Waals surface area (Å²) < 4.78 is 3.79. The van der Waals surface area contributed by atoms with Gasteiger partial charge in [0.15, 0.2) is 5.11 Å². The largest absolute Gasteiger partial charge is 0.330 e. The molecule has 9 heteroatoms. The summed E-state index contributed by atoms with van der Waals surface area (Å²) in [6.45, 7) is 7.36. The van der Waals surface area contributed by atoms with E-state index < -0.39 is 0 Å². The van der Waals surface area contributed by atoms with Gasteiger partial charge in [-0.2, -0.15) is 10.2 Å². The molecule has 2 N–H and O–H groups in total. The van der Waals surface area contributed by atoms with E-state index in [4.69, 9.17) is 40.5 Å². The molecule has 0 aliphatic rings. The topological polar surface area (TPSA) is 59.7 Å². The molecule has 0 amide bonds. The van der Waals surface area contributed by atoms with Crippen LogP contribution in [0.4, 0.5) is 11.4 Å². The van der Waals surface area contributed by atoms with Crippen molar-refractivity contribution in [1.29, 1.82) is 0 Å². The maximum absolute atomic E-state index is 6.27. The Balaban J connectivity index is 1.41. The van der Waals surface area contributed by atoms with Crippen LogP contribution in [0.5, 0.6) is 0 Å². The first-order valence-corrected chi connectivity index (χ1v) is 11.6. The van der Waals surface area contributed by atoms with Gasteiger partial charge in [-0.3, -0.25) is 9.36 Å². The van der Waals surface area contributed by atoms with Crippen LogP contribution in [0, 0.1) is 20.8 Å². The Labute approximate surface area is 208 Å². The van der Waals surface area contributed by atoms with Crippen molar-refractivity contribution in [2.75, 3.05) is 10.6 Å². The summed E-state index contributed by atoms with van der Waals surface area (Å²) >= 11 is 17.8. The second-order valence-corrected chi connectivity index (χ2v) is 9.12. The summed E-state index contributed by atoms with van der Waals surface area (Å²) in [6, 6.07) is 13.8. The van der Waals surface area contributed by atoms with E-state index in [0.717, 1.165) is 28.3 Å². The Morgan fingerprint density at radius 1 is 1.00 bits per heavy atom. The van der Waals surface area contributed by atoms with Crippen molar-refractivity contribution in [3.05, 3.63) is 93.0 Å². The molecule has 0 aliphatic heterocycles. The van der Waals surface area contributed by atoms with Crippen molar-refractivity contribution >= 4 is 51.9 Å². The molecule has 0 atom stereocenters. The van der Waals surface area contributed by atoms with Crippen LogP contribution in [-0.2, 0) is 13.1 Å². The predicted molar refractivity (Wildman–Crippen MR) is 140 cm³/mol. The zero-order chi connectivity index (χ0) is 23.5. The minimum Gasteiger partial charge on any atom is -0.330 e. The van der Waals surface area contributed by atoms with Gasteiger partial charge in [0.25, 0.3) is 0 Å². The highest BCUT2D eigenvalue weighted by Gasteiger charge is 2.14. The molecule has 0 radical (unpaired) electrons. The lowest BCUT2D eigenvalue weighted by atomic mass is 10.1. The van der Waals surface area contributed by atoms with E-state index in [1.165, 1.54) is 11.1 Å². The van der Waals surface area contributed by atoms with Crippen molar-refractivity contribution in [2.24, 2.45) is 0 Å². The van der Waals surface area contributed by atoms with E-state index in [2.05, 4.69) is 34.8 Å². The number of anilines is 2. The van der Waals surface area contributed by atoms with Gasteiger partial charge >= 0.3 is 0 Å². The number of hydrogen-bond acceptors (Lipinski definition) is 3.